The molecular formula is C13H18Cl2N4. The topological polar surface area (TPSA) is 53.1 Å². The van der Waals surface area contributed by atoms with Crippen molar-refractivity contribution in [1.82, 2.24) is 9.97 Å². The molecule has 4 nitrogen and oxygen atoms in total. The van der Waals surface area contributed by atoms with Crippen molar-refractivity contribution in [3.63, 3.8) is 0 Å². The minimum atomic E-state index is 0. The average Bonchev–Trinajstić information content (AvgIpc) is 2.83. The average molecular weight is 301 g/mol. The van der Waals surface area contributed by atoms with Gasteiger partial charge in [-0.05, 0) is 31.5 Å². The normalized spacial score (nSPS) is 10.1. The van der Waals surface area contributed by atoms with Crippen LogP contribution in [0.2, 0.25) is 0 Å². The lowest BCUT2D eigenvalue weighted by atomic mass is 10.1. The van der Waals surface area contributed by atoms with Crippen LogP contribution in [0, 0.1) is 0 Å². The molecular weight excluding hydrogens is 283 g/mol. The van der Waals surface area contributed by atoms with Gasteiger partial charge in [-0.3, -0.25) is 4.99 Å². The highest BCUT2D eigenvalue weighted by Gasteiger charge is 1.97. The highest BCUT2D eigenvalue weighted by molar-refractivity contribution is 5.85. The van der Waals surface area contributed by atoms with Crippen molar-refractivity contribution < 1.29 is 0 Å². The van der Waals surface area contributed by atoms with Crippen molar-refractivity contribution >= 4 is 36.8 Å². The number of imidazole rings is 1. The second-order valence-corrected chi connectivity index (χ2v) is 4.06. The van der Waals surface area contributed by atoms with E-state index < -0.39 is 0 Å². The van der Waals surface area contributed by atoms with E-state index in [1.807, 2.05) is 44.3 Å². The Labute approximate surface area is 125 Å². The molecule has 0 spiro atoms. The van der Waals surface area contributed by atoms with Gasteiger partial charge in [0.15, 0.2) is 0 Å². The monoisotopic (exact) mass is 300 g/mol. The van der Waals surface area contributed by atoms with Crippen LogP contribution in [0.5, 0.6) is 0 Å². The molecule has 0 unspecified atom stereocenters. The van der Waals surface area contributed by atoms with Gasteiger partial charge >= 0.3 is 0 Å². The van der Waals surface area contributed by atoms with Crippen molar-refractivity contribution in [1.29, 1.82) is 0 Å². The van der Waals surface area contributed by atoms with Crippen LogP contribution < -0.4 is 5.32 Å². The van der Waals surface area contributed by atoms with Crippen LogP contribution >= 0.6 is 24.8 Å². The molecule has 2 aromatic rings. The Hall–Kier alpha value is -1.52. The van der Waals surface area contributed by atoms with Gasteiger partial charge in [0.25, 0.3) is 0 Å². The molecule has 0 radical (unpaired) electrons. The van der Waals surface area contributed by atoms with Crippen LogP contribution in [0.1, 0.15) is 13.8 Å². The summed E-state index contributed by atoms with van der Waals surface area (Å²) >= 11 is 0. The second-order valence-electron chi connectivity index (χ2n) is 4.06. The SMILES string of the molecule is CC(C)N=CNc1ccc(-c2cnc[nH]2)cc1.Cl.Cl. The highest BCUT2D eigenvalue weighted by Crippen LogP contribution is 2.18. The van der Waals surface area contributed by atoms with Gasteiger partial charge in [-0.25, -0.2) is 4.98 Å². The fraction of sp³-hybridized carbons (Fsp3) is 0.231. The number of H-pyrrole nitrogens is 1. The summed E-state index contributed by atoms with van der Waals surface area (Å²) in [6, 6.07) is 8.43. The van der Waals surface area contributed by atoms with Crippen LogP contribution in [0.3, 0.4) is 0 Å². The number of nitrogens with zero attached hydrogens (tertiary/aromatic N) is 2. The lowest BCUT2D eigenvalue weighted by molar-refractivity contribution is 0.840. The summed E-state index contributed by atoms with van der Waals surface area (Å²) in [5.41, 5.74) is 3.17. The Morgan fingerprint density at radius 1 is 1.21 bits per heavy atom. The number of aliphatic imine (C=N–C) groups is 1. The van der Waals surface area contributed by atoms with E-state index in [1.54, 1.807) is 12.7 Å². The maximum absolute atomic E-state index is 4.24. The lowest BCUT2D eigenvalue weighted by Crippen LogP contribution is -1.98. The Balaban J connectivity index is 0.00000162. The van der Waals surface area contributed by atoms with E-state index in [2.05, 4.69) is 20.3 Å². The Kier molecular flexibility index (Phi) is 7.87. The molecule has 2 N–H and O–H groups in total. The molecule has 0 atom stereocenters. The largest absolute Gasteiger partial charge is 0.347 e. The smallest absolute Gasteiger partial charge is 0.0924 e. The van der Waals surface area contributed by atoms with Gasteiger partial charge < -0.3 is 10.3 Å². The molecule has 19 heavy (non-hydrogen) atoms. The Morgan fingerprint density at radius 2 is 1.89 bits per heavy atom. The highest BCUT2D eigenvalue weighted by atomic mass is 35.5. The summed E-state index contributed by atoms with van der Waals surface area (Å²) in [5, 5.41) is 3.13. The molecule has 0 aliphatic heterocycles. The van der Waals surface area contributed by atoms with Crippen LogP contribution in [0.15, 0.2) is 41.8 Å². The minimum Gasteiger partial charge on any atom is -0.347 e. The van der Waals surface area contributed by atoms with E-state index in [0.717, 1.165) is 16.9 Å². The Bertz CT molecular complexity index is 478. The van der Waals surface area contributed by atoms with E-state index in [0.29, 0.717) is 6.04 Å². The first-order valence-electron chi connectivity index (χ1n) is 5.62. The summed E-state index contributed by atoms with van der Waals surface area (Å²) in [7, 11) is 0. The first kappa shape index (κ1) is 17.5. The van der Waals surface area contributed by atoms with Gasteiger partial charge in [0, 0.05) is 11.7 Å². The number of hydrogen-bond donors (Lipinski definition) is 2. The molecule has 2 rings (SSSR count). The predicted molar refractivity (Wildman–Crippen MR) is 85.8 cm³/mol. The number of hydrogen-bond acceptors (Lipinski definition) is 2. The number of aromatic amines is 1. The summed E-state index contributed by atoms with van der Waals surface area (Å²) in [4.78, 5) is 11.3. The molecule has 0 aliphatic rings. The predicted octanol–water partition coefficient (Wildman–Crippen LogP) is 3.77. The lowest BCUT2D eigenvalue weighted by Gasteiger charge is -2.02. The molecule has 0 amide bonds. The van der Waals surface area contributed by atoms with Crippen molar-refractivity contribution in [2.24, 2.45) is 4.99 Å². The second kappa shape index (κ2) is 8.56. The van der Waals surface area contributed by atoms with Crippen molar-refractivity contribution in [2.45, 2.75) is 19.9 Å². The first-order chi connectivity index (χ1) is 8.25. The minimum absolute atomic E-state index is 0. The molecule has 0 saturated carbocycles. The number of rotatable bonds is 4. The molecule has 104 valence electrons. The van der Waals surface area contributed by atoms with E-state index in [1.165, 1.54) is 0 Å². The zero-order valence-corrected chi connectivity index (χ0v) is 12.5. The van der Waals surface area contributed by atoms with E-state index in [4.69, 9.17) is 0 Å². The summed E-state index contributed by atoms with van der Waals surface area (Å²) in [5.74, 6) is 0. The van der Waals surface area contributed by atoms with E-state index in [-0.39, 0.29) is 24.8 Å². The van der Waals surface area contributed by atoms with Crippen LogP contribution in [0.4, 0.5) is 5.69 Å². The van der Waals surface area contributed by atoms with Gasteiger partial charge in [0.2, 0.25) is 0 Å². The fourth-order valence-corrected chi connectivity index (χ4v) is 1.42. The summed E-state index contributed by atoms with van der Waals surface area (Å²) in [6.45, 7) is 4.08. The number of halogens is 2. The quantitative estimate of drug-likeness (QED) is 0.667. The fourth-order valence-electron chi connectivity index (χ4n) is 1.42. The van der Waals surface area contributed by atoms with Gasteiger partial charge in [-0.1, -0.05) is 12.1 Å². The molecule has 6 heteroatoms. The van der Waals surface area contributed by atoms with Gasteiger partial charge in [-0.2, -0.15) is 0 Å². The van der Waals surface area contributed by atoms with Gasteiger partial charge in [-0.15, -0.1) is 24.8 Å². The molecule has 1 aromatic heterocycles. The number of benzene rings is 1. The van der Waals surface area contributed by atoms with Crippen molar-refractivity contribution in [2.75, 3.05) is 5.32 Å². The zero-order chi connectivity index (χ0) is 12.1. The van der Waals surface area contributed by atoms with Crippen LogP contribution in [0.25, 0.3) is 11.3 Å². The van der Waals surface area contributed by atoms with Gasteiger partial charge in [0.05, 0.1) is 24.6 Å². The maximum Gasteiger partial charge on any atom is 0.0924 e. The molecule has 0 bridgehead atoms. The Morgan fingerprint density at radius 3 is 2.42 bits per heavy atom. The van der Waals surface area contributed by atoms with Crippen LogP contribution in [-0.4, -0.2) is 22.3 Å². The van der Waals surface area contributed by atoms with Crippen molar-refractivity contribution in [3.05, 3.63) is 36.8 Å². The number of anilines is 1. The van der Waals surface area contributed by atoms with E-state index in [9.17, 15) is 0 Å². The van der Waals surface area contributed by atoms with Gasteiger partial charge in [0.1, 0.15) is 0 Å². The standard InChI is InChI=1S/C13H16N4.2ClH/c1-10(2)15-9-16-12-5-3-11(4-6-12)13-7-14-8-17-13;;/h3-10H,1-2H3,(H,14,17)(H,15,16);2*1H. The maximum atomic E-state index is 4.24. The number of aromatic nitrogens is 2. The summed E-state index contributed by atoms with van der Waals surface area (Å²) < 4.78 is 0. The molecule has 0 fully saturated rings. The van der Waals surface area contributed by atoms with Crippen molar-refractivity contribution in [3.8, 4) is 11.3 Å². The third kappa shape index (κ3) is 5.32. The molecule has 0 aliphatic carbocycles. The molecule has 1 heterocycles. The molecule has 0 saturated heterocycles. The molecule has 1 aromatic carbocycles. The van der Waals surface area contributed by atoms with E-state index >= 15 is 0 Å². The summed E-state index contributed by atoms with van der Waals surface area (Å²) in [6.07, 6.45) is 5.22. The van der Waals surface area contributed by atoms with Crippen LogP contribution in [-0.2, 0) is 0 Å². The third-order valence-electron chi connectivity index (χ3n) is 2.30. The number of nitrogens with one attached hydrogen (secondary N) is 2. The first-order valence-corrected chi connectivity index (χ1v) is 5.62. The zero-order valence-electron chi connectivity index (χ0n) is 10.8. The third-order valence-corrected chi connectivity index (χ3v) is 2.30.